The van der Waals surface area contributed by atoms with E-state index in [9.17, 15) is 18.0 Å². The summed E-state index contributed by atoms with van der Waals surface area (Å²) in [5.74, 6) is -0.624. The Hall–Kier alpha value is -2.29. The minimum absolute atomic E-state index is 0.0530. The summed E-state index contributed by atoms with van der Waals surface area (Å²) in [4.78, 5) is 18.5. The number of amides is 1. The smallest absolute Gasteiger partial charge is 0.374 e. The maximum absolute atomic E-state index is 14.1. The fourth-order valence-electron chi connectivity index (χ4n) is 3.33. The van der Waals surface area contributed by atoms with E-state index < -0.39 is 24.1 Å². The number of benzene rings is 2. The summed E-state index contributed by atoms with van der Waals surface area (Å²) in [7, 11) is 3.59. The van der Waals surface area contributed by atoms with E-state index in [1.807, 2.05) is 4.90 Å². The molecule has 1 amide bonds. The van der Waals surface area contributed by atoms with Gasteiger partial charge in [-0.05, 0) is 55.6 Å². The predicted molar refractivity (Wildman–Crippen MR) is 109 cm³/mol. The number of alkyl halides is 3. The third-order valence-corrected chi connectivity index (χ3v) is 5.14. The van der Waals surface area contributed by atoms with Crippen LogP contribution in [-0.4, -0.2) is 36.8 Å². The van der Waals surface area contributed by atoms with Crippen LogP contribution >= 0.6 is 23.2 Å². The molecular weight excluding hydrogens is 442 g/mol. The largest absolute Gasteiger partial charge is 0.435 e. The number of carbonyl (C=O) groups excluding carboxylic acids is 1. The molecule has 1 atom stereocenters. The highest BCUT2D eigenvalue weighted by Gasteiger charge is 2.62. The molecule has 0 radical (unpaired) electrons. The molecule has 160 valence electrons. The van der Waals surface area contributed by atoms with Crippen molar-refractivity contribution < 1.29 is 22.8 Å². The van der Waals surface area contributed by atoms with E-state index in [1.165, 1.54) is 18.2 Å². The van der Waals surface area contributed by atoms with Gasteiger partial charge in [0.2, 0.25) is 5.91 Å². The van der Waals surface area contributed by atoms with Crippen molar-refractivity contribution in [1.82, 2.24) is 4.90 Å². The van der Waals surface area contributed by atoms with Gasteiger partial charge in [-0.1, -0.05) is 34.4 Å². The van der Waals surface area contributed by atoms with Gasteiger partial charge < -0.3 is 15.5 Å². The van der Waals surface area contributed by atoms with Gasteiger partial charge >= 0.3 is 6.18 Å². The molecule has 0 aromatic heterocycles. The summed E-state index contributed by atoms with van der Waals surface area (Å²) < 4.78 is 42.4. The van der Waals surface area contributed by atoms with Gasteiger partial charge in [0.25, 0.3) is 5.60 Å². The van der Waals surface area contributed by atoms with Crippen LogP contribution in [0.1, 0.15) is 33.5 Å². The van der Waals surface area contributed by atoms with E-state index in [1.54, 1.807) is 20.2 Å². The van der Waals surface area contributed by atoms with Crippen LogP contribution in [0.2, 0.25) is 10.0 Å². The van der Waals surface area contributed by atoms with Gasteiger partial charge in [0.15, 0.2) is 0 Å². The zero-order chi connectivity index (χ0) is 22.3. The highest BCUT2D eigenvalue weighted by atomic mass is 35.5. The maximum atomic E-state index is 14.1. The summed E-state index contributed by atoms with van der Waals surface area (Å²) in [6.07, 6.45) is -5.36. The lowest BCUT2D eigenvalue weighted by Gasteiger charge is -2.29. The van der Waals surface area contributed by atoms with Crippen LogP contribution in [-0.2, 0) is 17.0 Å². The van der Waals surface area contributed by atoms with E-state index >= 15 is 0 Å². The third-order valence-electron chi connectivity index (χ3n) is 4.71. The first kappa shape index (κ1) is 22.4. The van der Waals surface area contributed by atoms with Crippen molar-refractivity contribution in [2.24, 2.45) is 10.9 Å². The average molecular weight is 460 g/mol. The molecule has 2 aromatic carbocycles. The van der Waals surface area contributed by atoms with Gasteiger partial charge in [-0.2, -0.15) is 13.2 Å². The Kier molecular flexibility index (Phi) is 6.04. The molecule has 30 heavy (non-hydrogen) atoms. The summed E-state index contributed by atoms with van der Waals surface area (Å²) in [6.45, 7) is 0.370. The number of nitrogens with zero attached hydrogens (tertiary/aromatic N) is 2. The number of rotatable bonds is 5. The van der Waals surface area contributed by atoms with Crippen LogP contribution in [0.5, 0.6) is 0 Å². The molecule has 2 aromatic rings. The summed E-state index contributed by atoms with van der Waals surface area (Å²) in [6, 6.07) is 8.23. The maximum Gasteiger partial charge on any atom is 0.435 e. The zero-order valence-electron chi connectivity index (χ0n) is 16.1. The van der Waals surface area contributed by atoms with Crippen LogP contribution in [0.15, 0.2) is 41.6 Å². The molecule has 10 heteroatoms. The molecule has 3 rings (SSSR count). The van der Waals surface area contributed by atoms with Crippen LogP contribution < -0.4 is 5.73 Å². The highest BCUT2D eigenvalue weighted by Crippen LogP contribution is 2.49. The van der Waals surface area contributed by atoms with Gasteiger partial charge in [0.05, 0.1) is 5.71 Å². The summed E-state index contributed by atoms with van der Waals surface area (Å²) in [5.41, 5.74) is 3.79. The Bertz CT molecular complexity index is 1000. The van der Waals surface area contributed by atoms with Gasteiger partial charge in [-0.15, -0.1) is 0 Å². The Morgan fingerprint density at radius 3 is 2.37 bits per heavy atom. The molecule has 5 nitrogen and oxygen atoms in total. The van der Waals surface area contributed by atoms with Crippen LogP contribution in [0.3, 0.4) is 0 Å². The Morgan fingerprint density at radius 1 is 1.20 bits per heavy atom. The fourth-order valence-corrected chi connectivity index (χ4v) is 3.86. The standard InChI is InChI=1S/C20H18Cl2F3N3O2/c1-28(2)10-12-5-11(3-4-16(12)18(26)29)17-9-19(30-27-17,20(23,24)25)13-6-14(21)8-15(22)7-13/h3-8H,9-10H2,1-2H3,(H2,26,29). The van der Waals surface area contributed by atoms with E-state index in [4.69, 9.17) is 33.8 Å². The molecule has 0 saturated carbocycles. The van der Waals surface area contributed by atoms with Crippen LogP contribution in [0.4, 0.5) is 13.2 Å². The van der Waals surface area contributed by atoms with Gasteiger partial charge in [-0.25, -0.2) is 0 Å². The molecule has 0 saturated heterocycles. The van der Waals surface area contributed by atoms with Crippen molar-refractivity contribution >= 4 is 34.8 Å². The number of nitrogens with two attached hydrogens (primary N) is 1. The zero-order valence-corrected chi connectivity index (χ0v) is 17.6. The van der Waals surface area contributed by atoms with E-state index in [2.05, 4.69) is 5.16 Å². The lowest BCUT2D eigenvalue weighted by atomic mass is 9.86. The third kappa shape index (κ3) is 4.26. The van der Waals surface area contributed by atoms with Crippen molar-refractivity contribution in [1.29, 1.82) is 0 Å². The molecule has 0 aliphatic carbocycles. The number of halogens is 5. The molecule has 1 unspecified atom stereocenters. The minimum atomic E-state index is -4.79. The lowest BCUT2D eigenvalue weighted by molar-refractivity contribution is -0.275. The number of hydrogen-bond acceptors (Lipinski definition) is 4. The summed E-state index contributed by atoms with van der Waals surface area (Å²) >= 11 is 11.8. The molecule has 2 N–H and O–H groups in total. The monoisotopic (exact) mass is 459 g/mol. The Morgan fingerprint density at radius 2 is 1.83 bits per heavy atom. The van der Waals surface area contributed by atoms with E-state index in [-0.39, 0.29) is 26.9 Å². The van der Waals surface area contributed by atoms with Gasteiger partial charge in [0.1, 0.15) is 0 Å². The first-order valence-electron chi connectivity index (χ1n) is 8.79. The molecular formula is C20H18Cl2F3N3O2. The van der Waals surface area contributed by atoms with E-state index in [0.717, 1.165) is 12.1 Å². The molecule has 0 spiro atoms. The number of carbonyl (C=O) groups is 1. The van der Waals surface area contributed by atoms with Crippen molar-refractivity contribution in [2.75, 3.05) is 14.1 Å². The second-order valence-corrected chi connectivity index (χ2v) is 8.14. The highest BCUT2D eigenvalue weighted by molar-refractivity contribution is 6.34. The fraction of sp³-hybridized carbons (Fsp3) is 0.300. The minimum Gasteiger partial charge on any atom is -0.374 e. The SMILES string of the molecule is CN(C)Cc1cc(C2=NOC(c3cc(Cl)cc(Cl)c3)(C(F)(F)F)C2)ccc1C(N)=O. The first-order chi connectivity index (χ1) is 13.9. The number of oxime groups is 1. The van der Waals surface area contributed by atoms with Crippen molar-refractivity contribution in [3.8, 4) is 0 Å². The second kappa shape index (κ2) is 8.09. The number of hydrogen-bond donors (Lipinski definition) is 1. The predicted octanol–water partition coefficient (Wildman–Crippen LogP) is 4.74. The Labute approximate surface area is 181 Å². The van der Waals surface area contributed by atoms with Crippen LogP contribution in [0.25, 0.3) is 0 Å². The van der Waals surface area contributed by atoms with Gasteiger partial charge in [-0.3, -0.25) is 4.79 Å². The van der Waals surface area contributed by atoms with Gasteiger partial charge in [0, 0.05) is 34.1 Å². The van der Waals surface area contributed by atoms with Crippen molar-refractivity contribution in [3.63, 3.8) is 0 Å². The second-order valence-electron chi connectivity index (χ2n) is 7.26. The first-order valence-corrected chi connectivity index (χ1v) is 9.55. The molecule has 1 aliphatic rings. The number of primary amides is 1. The van der Waals surface area contributed by atoms with Crippen molar-refractivity contribution in [3.05, 3.63) is 68.7 Å². The van der Waals surface area contributed by atoms with Crippen LogP contribution in [0, 0.1) is 0 Å². The molecule has 0 fully saturated rings. The Balaban J connectivity index is 2.03. The molecule has 1 aliphatic heterocycles. The topological polar surface area (TPSA) is 67.9 Å². The molecule has 1 heterocycles. The molecule has 0 bridgehead atoms. The lowest BCUT2D eigenvalue weighted by Crippen LogP contribution is -2.42. The van der Waals surface area contributed by atoms with Crippen molar-refractivity contribution in [2.45, 2.75) is 24.7 Å². The average Bonchev–Trinajstić information content (AvgIpc) is 3.06. The normalized spacial score (nSPS) is 19.0. The summed E-state index contributed by atoms with van der Waals surface area (Å²) in [5, 5.41) is 3.84. The van der Waals surface area contributed by atoms with E-state index in [0.29, 0.717) is 17.7 Å². The quantitative estimate of drug-likeness (QED) is 0.702.